The maximum absolute atomic E-state index is 11.7. The Morgan fingerprint density at radius 3 is 2.13 bits per heavy atom. The van der Waals surface area contributed by atoms with Gasteiger partial charge >= 0.3 is 0 Å². The lowest BCUT2D eigenvalue weighted by Gasteiger charge is -2.35. The molecule has 0 spiro atoms. The predicted octanol–water partition coefficient (Wildman–Crippen LogP) is 1.02. The van der Waals surface area contributed by atoms with Crippen molar-refractivity contribution in [1.82, 2.24) is 29.4 Å². The van der Waals surface area contributed by atoms with Crippen LogP contribution in [0.15, 0.2) is 24.3 Å². The highest BCUT2D eigenvalue weighted by Gasteiger charge is 2.24. The van der Waals surface area contributed by atoms with Crippen LogP contribution in [0.2, 0.25) is 0 Å². The molecule has 0 bridgehead atoms. The number of carbonyl (C=O) groups is 1. The molecule has 31 heavy (non-hydrogen) atoms. The number of aryl methyl sites for hydroxylation is 1. The zero-order chi connectivity index (χ0) is 21.4. The van der Waals surface area contributed by atoms with Gasteiger partial charge in [0, 0.05) is 46.2 Å². The van der Waals surface area contributed by atoms with Gasteiger partial charge in [0.15, 0.2) is 0 Å². The summed E-state index contributed by atoms with van der Waals surface area (Å²) in [4.78, 5) is 37.0. The maximum atomic E-state index is 11.7. The van der Waals surface area contributed by atoms with Crippen LogP contribution in [0.4, 0.5) is 11.9 Å². The summed E-state index contributed by atoms with van der Waals surface area (Å²) in [5, 5.41) is 0. The monoisotopic (exact) mass is 422 g/mol. The molecule has 1 amide bonds. The van der Waals surface area contributed by atoms with Crippen molar-refractivity contribution >= 4 is 28.8 Å². The number of anilines is 2. The molecule has 2 aliphatic heterocycles. The highest BCUT2D eigenvalue weighted by molar-refractivity contribution is 5.77. The lowest BCUT2D eigenvalue weighted by atomic mass is 10.3. The van der Waals surface area contributed by atoms with Crippen LogP contribution >= 0.6 is 0 Å². The van der Waals surface area contributed by atoms with Crippen LogP contribution in [0.5, 0.6) is 0 Å². The third-order valence-electron chi connectivity index (χ3n) is 5.83. The Morgan fingerprint density at radius 1 is 0.839 bits per heavy atom. The number of nitrogens with zero attached hydrogens (tertiary/aromatic N) is 8. The van der Waals surface area contributed by atoms with Crippen molar-refractivity contribution in [2.45, 2.75) is 13.8 Å². The summed E-state index contributed by atoms with van der Waals surface area (Å²) >= 11 is 0. The molecular formula is C21H26N8O2. The Hall–Kier alpha value is -3.27. The average molecular weight is 422 g/mol. The summed E-state index contributed by atoms with van der Waals surface area (Å²) in [5.41, 5.74) is 1.87. The van der Waals surface area contributed by atoms with Gasteiger partial charge in [-0.15, -0.1) is 0 Å². The molecule has 2 fully saturated rings. The van der Waals surface area contributed by atoms with Gasteiger partial charge in [-0.3, -0.25) is 9.36 Å². The Labute approximate surface area is 180 Å². The largest absolute Gasteiger partial charge is 0.378 e. The molecular weight excluding hydrogens is 396 g/mol. The first-order valence-corrected chi connectivity index (χ1v) is 10.6. The number of imidazole rings is 1. The number of benzene rings is 1. The molecule has 2 aliphatic rings. The molecule has 0 atom stereocenters. The maximum Gasteiger partial charge on any atom is 0.242 e. The normalized spacial score (nSPS) is 17.4. The molecule has 2 saturated heterocycles. The molecule has 3 aromatic rings. The van der Waals surface area contributed by atoms with Crippen LogP contribution in [0, 0.1) is 6.92 Å². The number of hydrogen-bond acceptors (Lipinski definition) is 8. The predicted molar refractivity (Wildman–Crippen MR) is 117 cm³/mol. The van der Waals surface area contributed by atoms with E-state index in [-0.39, 0.29) is 5.91 Å². The number of piperazine rings is 1. The number of aromatic nitrogens is 5. The van der Waals surface area contributed by atoms with Crippen molar-refractivity contribution in [2.24, 2.45) is 0 Å². The molecule has 5 rings (SSSR count). The van der Waals surface area contributed by atoms with Crippen molar-refractivity contribution in [2.75, 3.05) is 62.3 Å². The smallest absolute Gasteiger partial charge is 0.242 e. The zero-order valence-electron chi connectivity index (χ0n) is 17.9. The van der Waals surface area contributed by atoms with Gasteiger partial charge in [0.1, 0.15) is 5.82 Å². The van der Waals surface area contributed by atoms with Crippen LogP contribution in [0.1, 0.15) is 12.7 Å². The lowest BCUT2D eigenvalue weighted by Crippen LogP contribution is -2.48. The summed E-state index contributed by atoms with van der Waals surface area (Å²) in [6.07, 6.45) is 0. The highest BCUT2D eigenvalue weighted by Crippen LogP contribution is 2.23. The Bertz CT molecular complexity index is 1100. The van der Waals surface area contributed by atoms with Crippen molar-refractivity contribution in [3.05, 3.63) is 30.1 Å². The SMILES string of the molecule is CC(=O)N1CCN(c2nc(N3CCOCC3)nc(-n3c(C)nc4ccccc43)n2)CC1. The number of rotatable bonds is 3. The second-order valence-electron chi connectivity index (χ2n) is 7.81. The van der Waals surface area contributed by atoms with E-state index < -0.39 is 0 Å². The molecule has 4 heterocycles. The Morgan fingerprint density at radius 2 is 1.45 bits per heavy atom. The van der Waals surface area contributed by atoms with E-state index >= 15 is 0 Å². The fourth-order valence-corrected chi connectivity index (χ4v) is 4.11. The number of carbonyl (C=O) groups excluding carboxylic acids is 1. The van der Waals surface area contributed by atoms with Crippen molar-refractivity contribution in [3.8, 4) is 5.95 Å². The first kappa shape index (κ1) is 19.7. The molecule has 0 radical (unpaired) electrons. The summed E-state index contributed by atoms with van der Waals surface area (Å²) < 4.78 is 7.49. The third kappa shape index (κ3) is 3.78. The van der Waals surface area contributed by atoms with Gasteiger partial charge in [0.25, 0.3) is 0 Å². The quantitative estimate of drug-likeness (QED) is 0.618. The van der Waals surface area contributed by atoms with Crippen molar-refractivity contribution < 1.29 is 9.53 Å². The van der Waals surface area contributed by atoms with E-state index in [0.717, 1.165) is 29.9 Å². The first-order chi connectivity index (χ1) is 15.1. The molecule has 0 N–H and O–H groups in total. The van der Waals surface area contributed by atoms with Gasteiger partial charge in [-0.05, 0) is 19.1 Å². The number of hydrogen-bond donors (Lipinski definition) is 0. The van der Waals surface area contributed by atoms with Gasteiger partial charge in [0.05, 0.1) is 24.2 Å². The van der Waals surface area contributed by atoms with E-state index in [4.69, 9.17) is 19.7 Å². The second-order valence-corrected chi connectivity index (χ2v) is 7.81. The van der Waals surface area contributed by atoms with Crippen LogP contribution in [-0.4, -0.2) is 87.8 Å². The zero-order valence-corrected chi connectivity index (χ0v) is 17.9. The van der Waals surface area contributed by atoms with Crippen LogP contribution in [0.3, 0.4) is 0 Å². The second kappa shape index (κ2) is 8.10. The van der Waals surface area contributed by atoms with E-state index in [1.807, 2.05) is 40.7 Å². The molecule has 1 aromatic carbocycles. The summed E-state index contributed by atoms with van der Waals surface area (Å²) in [7, 11) is 0. The fraction of sp³-hybridized carbons (Fsp3) is 0.476. The van der Waals surface area contributed by atoms with Gasteiger partial charge < -0.3 is 19.4 Å². The van der Waals surface area contributed by atoms with Crippen LogP contribution in [0.25, 0.3) is 17.0 Å². The molecule has 162 valence electrons. The molecule has 2 aromatic heterocycles. The minimum absolute atomic E-state index is 0.102. The van der Waals surface area contributed by atoms with E-state index in [1.165, 1.54) is 0 Å². The van der Waals surface area contributed by atoms with E-state index in [0.29, 0.717) is 57.2 Å². The van der Waals surface area contributed by atoms with Gasteiger partial charge in [-0.2, -0.15) is 15.0 Å². The molecule has 10 heteroatoms. The number of amides is 1. The van der Waals surface area contributed by atoms with Gasteiger partial charge in [-0.25, -0.2) is 4.98 Å². The summed E-state index contributed by atoms with van der Waals surface area (Å²) in [6, 6.07) is 7.99. The van der Waals surface area contributed by atoms with Gasteiger partial charge in [0.2, 0.25) is 23.8 Å². The van der Waals surface area contributed by atoms with E-state index in [2.05, 4.69) is 14.8 Å². The number of fused-ring (bicyclic) bond motifs is 1. The molecule has 0 saturated carbocycles. The summed E-state index contributed by atoms with van der Waals surface area (Å²) in [5.74, 6) is 2.77. The topological polar surface area (TPSA) is 92.5 Å². The summed E-state index contributed by atoms with van der Waals surface area (Å²) in [6.45, 7) is 9.07. The van der Waals surface area contributed by atoms with E-state index in [1.54, 1.807) is 6.92 Å². The fourth-order valence-electron chi connectivity index (χ4n) is 4.11. The minimum atomic E-state index is 0.102. The van der Waals surface area contributed by atoms with Crippen molar-refractivity contribution in [1.29, 1.82) is 0 Å². The minimum Gasteiger partial charge on any atom is -0.378 e. The van der Waals surface area contributed by atoms with Crippen LogP contribution in [-0.2, 0) is 9.53 Å². The van der Waals surface area contributed by atoms with Crippen molar-refractivity contribution in [3.63, 3.8) is 0 Å². The Balaban J connectivity index is 1.57. The first-order valence-electron chi connectivity index (χ1n) is 10.6. The number of para-hydroxylation sites is 2. The standard InChI is InChI=1S/C21H26N8O2/c1-15-22-17-5-3-4-6-18(17)29(15)21-24-19(27-9-7-26(8-10-27)16(2)30)23-20(25-21)28-11-13-31-14-12-28/h3-6H,7-14H2,1-2H3. The average Bonchev–Trinajstić information content (AvgIpc) is 3.15. The number of ether oxygens (including phenoxy) is 1. The number of morpholine rings is 1. The molecule has 0 unspecified atom stereocenters. The Kier molecular flexibility index (Phi) is 5.14. The van der Waals surface area contributed by atoms with Crippen LogP contribution < -0.4 is 9.80 Å². The van der Waals surface area contributed by atoms with Gasteiger partial charge in [-0.1, -0.05) is 12.1 Å². The lowest BCUT2D eigenvalue weighted by molar-refractivity contribution is -0.129. The highest BCUT2D eigenvalue weighted by atomic mass is 16.5. The third-order valence-corrected chi connectivity index (χ3v) is 5.83. The molecule has 10 nitrogen and oxygen atoms in total. The van der Waals surface area contributed by atoms with E-state index in [9.17, 15) is 4.79 Å². The molecule has 0 aliphatic carbocycles.